The molecule has 0 radical (unpaired) electrons. The van der Waals surface area contributed by atoms with Crippen molar-refractivity contribution in [3.8, 4) is 17.1 Å². The van der Waals surface area contributed by atoms with Gasteiger partial charge in [-0.3, -0.25) is 0 Å². The normalized spacial score (nSPS) is 17.3. The van der Waals surface area contributed by atoms with Crippen LogP contribution in [-0.2, 0) is 6.61 Å². The van der Waals surface area contributed by atoms with Crippen LogP contribution in [0.5, 0.6) is 5.75 Å². The third-order valence-corrected chi connectivity index (χ3v) is 6.59. The van der Waals surface area contributed by atoms with Gasteiger partial charge in [0.2, 0.25) is 0 Å². The summed E-state index contributed by atoms with van der Waals surface area (Å²) in [6.07, 6.45) is 3.99. The first-order chi connectivity index (χ1) is 17.7. The second kappa shape index (κ2) is 10.1. The molecule has 0 aliphatic heterocycles. The number of nitrogen functional groups attached to an aromatic ring is 1. The van der Waals surface area contributed by atoms with Gasteiger partial charge < -0.3 is 25.7 Å². The van der Waals surface area contributed by atoms with Crippen LogP contribution in [0.2, 0.25) is 0 Å². The number of rotatable bonds is 7. The molecule has 4 N–H and O–H groups in total. The molecule has 4 aromatic rings. The van der Waals surface area contributed by atoms with Crippen LogP contribution < -0.4 is 21.1 Å². The molecule has 0 spiro atoms. The van der Waals surface area contributed by atoms with E-state index in [1.807, 2.05) is 87.6 Å². The van der Waals surface area contributed by atoms with Crippen LogP contribution in [0, 0.1) is 5.92 Å². The molecule has 0 bridgehead atoms. The Balaban J connectivity index is 1.27. The molecule has 192 valence electrons. The number of amides is 2. The fourth-order valence-corrected chi connectivity index (χ4v) is 4.66. The van der Waals surface area contributed by atoms with Crippen molar-refractivity contribution in [2.24, 2.45) is 5.92 Å². The summed E-state index contributed by atoms with van der Waals surface area (Å²) in [7, 11) is 0. The lowest BCUT2D eigenvalue weighted by Crippen LogP contribution is -2.48. The maximum Gasteiger partial charge on any atom is 0.315 e. The summed E-state index contributed by atoms with van der Waals surface area (Å²) in [5.74, 6) is 2.23. The maximum atomic E-state index is 12.1. The number of hydrogen-bond donors (Lipinski definition) is 3. The van der Waals surface area contributed by atoms with Crippen LogP contribution >= 0.6 is 0 Å². The van der Waals surface area contributed by atoms with E-state index in [-0.39, 0.29) is 11.6 Å². The number of anilines is 1. The zero-order valence-electron chi connectivity index (χ0n) is 21.6. The molecule has 5 rings (SSSR count). The van der Waals surface area contributed by atoms with E-state index in [1.165, 1.54) is 0 Å². The Bertz CT molecular complexity index is 1390. The van der Waals surface area contributed by atoms with Gasteiger partial charge in [0.05, 0.1) is 5.39 Å². The predicted octanol–water partition coefficient (Wildman–Crippen LogP) is 5.31. The van der Waals surface area contributed by atoms with Gasteiger partial charge in [-0.1, -0.05) is 42.5 Å². The van der Waals surface area contributed by atoms with Crippen molar-refractivity contribution in [3.05, 3.63) is 72.4 Å². The summed E-state index contributed by atoms with van der Waals surface area (Å²) in [6.45, 7) is 7.07. The Morgan fingerprint density at radius 1 is 1.08 bits per heavy atom. The number of hydrogen-bond acceptors (Lipinski definition) is 5. The van der Waals surface area contributed by atoms with Gasteiger partial charge in [0.15, 0.2) is 5.82 Å². The number of urea groups is 1. The highest BCUT2D eigenvalue weighted by Crippen LogP contribution is 2.40. The second-order valence-corrected chi connectivity index (χ2v) is 10.8. The summed E-state index contributed by atoms with van der Waals surface area (Å²) in [4.78, 5) is 21.6. The fourth-order valence-electron chi connectivity index (χ4n) is 4.66. The Morgan fingerprint density at radius 3 is 2.62 bits per heavy atom. The minimum atomic E-state index is -0.249. The number of nitrogens with two attached hydrogens (primary N) is 1. The van der Waals surface area contributed by atoms with Gasteiger partial charge in [0.25, 0.3) is 0 Å². The molecule has 1 aliphatic carbocycles. The third-order valence-electron chi connectivity index (χ3n) is 6.59. The molecule has 2 heterocycles. The summed E-state index contributed by atoms with van der Waals surface area (Å²) >= 11 is 0. The smallest absolute Gasteiger partial charge is 0.315 e. The highest BCUT2D eigenvalue weighted by molar-refractivity contribution is 5.88. The fraction of sp³-hybridized carbons (Fsp3) is 0.345. The molecule has 1 aliphatic rings. The molecule has 0 saturated heterocycles. The minimum Gasteiger partial charge on any atom is -0.489 e. The van der Waals surface area contributed by atoms with Crippen LogP contribution in [0.1, 0.15) is 45.2 Å². The molecule has 1 saturated carbocycles. The molecule has 1 fully saturated rings. The second-order valence-electron chi connectivity index (χ2n) is 10.8. The molecule has 37 heavy (non-hydrogen) atoms. The van der Waals surface area contributed by atoms with Crippen LogP contribution in [0.4, 0.5) is 10.6 Å². The lowest BCUT2D eigenvalue weighted by molar-refractivity contribution is 0.190. The zero-order chi connectivity index (χ0) is 26.0. The van der Waals surface area contributed by atoms with Crippen molar-refractivity contribution >= 4 is 22.9 Å². The number of fused-ring (bicyclic) bond motifs is 1. The predicted molar refractivity (Wildman–Crippen MR) is 146 cm³/mol. The summed E-state index contributed by atoms with van der Waals surface area (Å²) in [5, 5.41) is 6.78. The van der Waals surface area contributed by atoms with Crippen molar-refractivity contribution < 1.29 is 9.53 Å². The summed E-state index contributed by atoms with van der Waals surface area (Å²) in [6, 6.07) is 20.0. The lowest BCUT2D eigenvalue weighted by Gasteiger charge is -2.37. The lowest BCUT2D eigenvalue weighted by atomic mass is 9.80. The van der Waals surface area contributed by atoms with E-state index in [1.54, 1.807) is 0 Å². The van der Waals surface area contributed by atoms with Gasteiger partial charge in [0.1, 0.15) is 23.8 Å². The number of nitrogens with one attached hydrogen (secondary N) is 2. The van der Waals surface area contributed by atoms with E-state index in [0.717, 1.165) is 40.8 Å². The maximum absolute atomic E-state index is 12.1. The van der Waals surface area contributed by atoms with Gasteiger partial charge in [-0.15, -0.1) is 0 Å². The van der Waals surface area contributed by atoms with Crippen molar-refractivity contribution in [3.63, 3.8) is 0 Å². The van der Waals surface area contributed by atoms with Gasteiger partial charge >= 0.3 is 6.03 Å². The molecule has 0 atom stereocenters. The number of benzene rings is 2. The SMILES string of the molecule is CC(C)(C)NC(=O)NCC1CC(n2ccc3c(N)nc(-c4cccc(OCc5ccccc5)c4)nc32)C1. The van der Waals surface area contributed by atoms with E-state index in [2.05, 4.69) is 20.2 Å². The highest BCUT2D eigenvalue weighted by atomic mass is 16.5. The average Bonchev–Trinajstić information content (AvgIpc) is 3.26. The standard InChI is InChI=1S/C29H34N6O2/c1-29(2,3)34-28(36)31-17-20-14-22(15-20)35-13-12-24-25(30)32-26(33-27(24)35)21-10-7-11-23(16-21)37-18-19-8-5-4-6-9-19/h4-13,16,20,22H,14-15,17-18H2,1-3H3,(H2,30,32,33)(H2,31,34,36). The first-order valence-electron chi connectivity index (χ1n) is 12.7. The molecular formula is C29H34N6O2. The van der Waals surface area contributed by atoms with Gasteiger partial charge in [-0.2, -0.15) is 0 Å². The Morgan fingerprint density at radius 2 is 1.86 bits per heavy atom. The van der Waals surface area contributed by atoms with Gasteiger partial charge in [-0.05, 0) is 63.3 Å². The van der Waals surface area contributed by atoms with Crippen LogP contribution in [0.25, 0.3) is 22.4 Å². The molecular weight excluding hydrogens is 464 g/mol. The first-order valence-corrected chi connectivity index (χ1v) is 12.7. The Kier molecular flexibility index (Phi) is 6.74. The van der Waals surface area contributed by atoms with Crippen LogP contribution in [-0.4, -0.2) is 32.6 Å². The van der Waals surface area contributed by atoms with E-state index < -0.39 is 0 Å². The Labute approximate surface area is 217 Å². The molecule has 2 aromatic carbocycles. The molecule has 8 nitrogen and oxygen atoms in total. The number of carbonyl (C=O) groups excluding carboxylic acids is 1. The number of carbonyl (C=O) groups is 1. The number of aromatic nitrogens is 3. The molecule has 0 unspecified atom stereocenters. The van der Waals surface area contributed by atoms with Crippen molar-refractivity contribution in [2.75, 3.05) is 12.3 Å². The average molecular weight is 499 g/mol. The van der Waals surface area contributed by atoms with Crippen molar-refractivity contribution in [2.45, 2.75) is 51.8 Å². The van der Waals surface area contributed by atoms with Crippen molar-refractivity contribution in [1.82, 2.24) is 25.2 Å². The van der Waals surface area contributed by atoms with Gasteiger partial charge in [0, 0.05) is 29.9 Å². The summed E-state index contributed by atoms with van der Waals surface area (Å²) in [5.41, 5.74) is 8.90. The molecule has 2 aromatic heterocycles. The van der Waals surface area contributed by atoms with Crippen LogP contribution in [0.15, 0.2) is 66.9 Å². The topological polar surface area (TPSA) is 107 Å². The first kappa shape index (κ1) is 24.6. The number of ether oxygens (including phenoxy) is 1. The zero-order valence-corrected chi connectivity index (χ0v) is 21.6. The summed E-state index contributed by atoms with van der Waals surface area (Å²) < 4.78 is 8.19. The molecule has 2 amide bonds. The largest absolute Gasteiger partial charge is 0.489 e. The van der Waals surface area contributed by atoms with E-state index >= 15 is 0 Å². The van der Waals surface area contributed by atoms with Gasteiger partial charge in [-0.25, -0.2) is 14.8 Å². The monoisotopic (exact) mass is 498 g/mol. The van der Waals surface area contributed by atoms with Crippen LogP contribution in [0.3, 0.4) is 0 Å². The van der Waals surface area contributed by atoms with Crippen molar-refractivity contribution in [1.29, 1.82) is 0 Å². The third kappa shape index (κ3) is 5.85. The molecule has 8 heteroatoms. The van der Waals surface area contributed by atoms with E-state index in [0.29, 0.717) is 36.8 Å². The van der Waals surface area contributed by atoms with E-state index in [9.17, 15) is 4.79 Å². The Hall–Kier alpha value is -4.07. The quantitative estimate of drug-likeness (QED) is 0.320. The number of nitrogens with zero attached hydrogens (tertiary/aromatic N) is 3. The van der Waals surface area contributed by atoms with E-state index in [4.69, 9.17) is 15.5 Å². The highest BCUT2D eigenvalue weighted by Gasteiger charge is 2.32. The minimum absolute atomic E-state index is 0.123.